The van der Waals surface area contributed by atoms with Gasteiger partial charge in [-0.1, -0.05) is 17.7 Å². The number of nitrogens with zero attached hydrogens (tertiary/aromatic N) is 1. The van der Waals surface area contributed by atoms with Crippen LogP contribution in [0.2, 0.25) is 5.02 Å². The lowest BCUT2D eigenvalue weighted by molar-refractivity contribution is -0.0107. The number of β-amino-alcohol motifs (C(OH)–C–C–N with tert-alkyl or cyclic N) is 1. The summed E-state index contributed by atoms with van der Waals surface area (Å²) < 4.78 is 13.3. The first kappa shape index (κ1) is 13.3. The zero-order valence-electron chi connectivity index (χ0n) is 10.1. The third-order valence-corrected chi connectivity index (χ3v) is 3.53. The van der Waals surface area contributed by atoms with Gasteiger partial charge in [0, 0.05) is 13.1 Å². The number of carbonyl (C=O) groups is 1. The summed E-state index contributed by atoms with van der Waals surface area (Å²) >= 11 is 5.79. The summed E-state index contributed by atoms with van der Waals surface area (Å²) in [6, 6.07) is 4.17. The Morgan fingerprint density at radius 1 is 1.56 bits per heavy atom. The standard InChI is InChI=1S/C13H15ClFNO2/c1-13(18)6-3-7-16(8-13)12(17)9-4-2-5-10(15)11(9)14/h2,4-5,18H,3,6-8H2,1H3. The number of halogens is 2. The molecule has 0 radical (unpaired) electrons. The molecule has 0 aliphatic carbocycles. The summed E-state index contributed by atoms with van der Waals surface area (Å²) in [4.78, 5) is 13.7. The summed E-state index contributed by atoms with van der Waals surface area (Å²) in [6.45, 7) is 2.50. The number of hydrogen-bond acceptors (Lipinski definition) is 2. The molecule has 0 spiro atoms. The van der Waals surface area contributed by atoms with Crippen molar-refractivity contribution in [2.75, 3.05) is 13.1 Å². The van der Waals surface area contributed by atoms with Gasteiger partial charge in [0.25, 0.3) is 5.91 Å². The first-order chi connectivity index (χ1) is 8.41. The molecule has 0 saturated carbocycles. The maximum atomic E-state index is 13.3. The number of amides is 1. The van der Waals surface area contributed by atoms with Gasteiger partial charge >= 0.3 is 0 Å². The van der Waals surface area contributed by atoms with Crippen LogP contribution >= 0.6 is 11.6 Å². The molecule has 1 fully saturated rings. The highest BCUT2D eigenvalue weighted by Gasteiger charge is 2.32. The highest BCUT2D eigenvalue weighted by atomic mass is 35.5. The summed E-state index contributed by atoms with van der Waals surface area (Å²) in [5.41, 5.74) is -0.734. The fourth-order valence-corrected chi connectivity index (χ4v) is 2.44. The van der Waals surface area contributed by atoms with E-state index in [2.05, 4.69) is 0 Å². The van der Waals surface area contributed by atoms with Crippen molar-refractivity contribution in [1.29, 1.82) is 0 Å². The summed E-state index contributed by atoms with van der Waals surface area (Å²) in [7, 11) is 0. The molecule has 0 aromatic heterocycles. The van der Waals surface area contributed by atoms with Crippen molar-refractivity contribution in [2.24, 2.45) is 0 Å². The zero-order valence-corrected chi connectivity index (χ0v) is 10.9. The smallest absolute Gasteiger partial charge is 0.255 e. The van der Waals surface area contributed by atoms with Gasteiger partial charge in [0.2, 0.25) is 0 Å². The van der Waals surface area contributed by atoms with Crippen LogP contribution in [0.15, 0.2) is 18.2 Å². The Morgan fingerprint density at radius 2 is 2.28 bits per heavy atom. The lowest BCUT2D eigenvalue weighted by Crippen LogP contribution is -2.48. The lowest BCUT2D eigenvalue weighted by atomic mass is 9.94. The van der Waals surface area contributed by atoms with E-state index in [1.807, 2.05) is 0 Å². The number of hydrogen-bond donors (Lipinski definition) is 1. The quantitative estimate of drug-likeness (QED) is 0.852. The molecule has 98 valence electrons. The number of piperidine rings is 1. The second kappa shape index (κ2) is 4.86. The van der Waals surface area contributed by atoms with Crippen molar-refractivity contribution >= 4 is 17.5 Å². The molecule has 1 saturated heterocycles. The Morgan fingerprint density at radius 3 is 2.94 bits per heavy atom. The summed E-state index contributed by atoms with van der Waals surface area (Å²) in [6.07, 6.45) is 1.39. The Bertz CT molecular complexity index is 476. The predicted molar refractivity (Wildman–Crippen MR) is 67.2 cm³/mol. The van der Waals surface area contributed by atoms with E-state index in [-0.39, 0.29) is 23.0 Å². The van der Waals surface area contributed by atoms with Crippen LogP contribution in [-0.2, 0) is 0 Å². The topological polar surface area (TPSA) is 40.5 Å². The minimum Gasteiger partial charge on any atom is -0.388 e. The van der Waals surface area contributed by atoms with Crippen LogP contribution in [0, 0.1) is 5.82 Å². The monoisotopic (exact) mass is 271 g/mol. The predicted octanol–water partition coefficient (Wildman–Crippen LogP) is 2.47. The molecule has 1 aromatic rings. The summed E-state index contributed by atoms with van der Waals surface area (Å²) in [5.74, 6) is -0.939. The van der Waals surface area contributed by atoms with Crippen LogP contribution in [0.5, 0.6) is 0 Å². The number of aliphatic hydroxyl groups is 1. The minimum absolute atomic E-state index is 0.148. The zero-order chi connectivity index (χ0) is 13.3. The molecule has 1 aliphatic heterocycles. The van der Waals surface area contributed by atoms with Crippen molar-refractivity contribution in [1.82, 2.24) is 4.90 Å². The van der Waals surface area contributed by atoms with E-state index in [0.717, 1.165) is 6.42 Å². The van der Waals surface area contributed by atoms with E-state index in [1.165, 1.54) is 23.1 Å². The maximum absolute atomic E-state index is 13.3. The van der Waals surface area contributed by atoms with Gasteiger partial charge in [-0.15, -0.1) is 0 Å². The van der Waals surface area contributed by atoms with E-state index in [9.17, 15) is 14.3 Å². The molecular formula is C13H15ClFNO2. The molecule has 1 amide bonds. The molecule has 1 N–H and O–H groups in total. The number of carbonyl (C=O) groups excluding carboxylic acids is 1. The molecule has 0 bridgehead atoms. The number of benzene rings is 1. The Hall–Kier alpha value is -1.13. The lowest BCUT2D eigenvalue weighted by Gasteiger charge is -2.37. The first-order valence-electron chi connectivity index (χ1n) is 5.86. The van der Waals surface area contributed by atoms with E-state index >= 15 is 0 Å². The summed E-state index contributed by atoms with van der Waals surface area (Å²) in [5, 5.41) is 9.80. The molecule has 2 rings (SSSR count). The van der Waals surface area contributed by atoms with Crippen LogP contribution in [0.3, 0.4) is 0 Å². The van der Waals surface area contributed by atoms with Gasteiger partial charge in [0.1, 0.15) is 5.82 Å². The van der Waals surface area contributed by atoms with Crippen molar-refractivity contribution in [3.05, 3.63) is 34.6 Å². The molecule has 3 nitrogen and oxygen atoms in total. The van der Waals surface area contributed by atoms with Crippen LogP contribution in [0.1, 0.15) is 30.1 Å². The van der Waals surface area contributed by atoms with Gasteiger partial charge in [-0.3, -0.25) is 4.79 Å². The third-order valence-electron chi connectivity index (χ3n) is 3.14. The largest absolute Gasteiger partial charge is 0.388 e. The Balaban J connectivity index is 2.23. The molecule has 1 aliphatic rings. The SMILES string of the molecule is CC1(O)CCCN(C(=O)c2cccc(F)c2Cl)C1. The van der Waals surface area contributed by atoms with Gasteiger partial charge in [-0.05, 0) is 31.9 Å². The van der Waals surface area contributed by atoms with Crippen LogP contribution in [-0.4, -0.2) is 34.6 Å². The van der Waals surface area contributed by atoms with E-state index in [1.54, 1.807) is 6.92 Å². The van der Waals surface area contributed by atoms with Gasteiger partial charge in [-0.25, -0.2) is 4.39 Å². The van der Waals surface area contributed by atoms with Crippen LogP contribution in [0.25, 0.3) is 0 Å². The maximum Gasteiger partial charge on any atom is 0.255 e. The number of likely N-dealkylation sites (tertiary alicyclic amines) is 1. The Labute approximate surface area is 110 Å². The van der Waals surface area contributed by atoms with Crippen molar-refractivity contribution < 1.29 is 14.3 Å². The minimum atomic E-state index is -0.881. The van der Waals surface area contributed by atoms with Gasteiger partial charge in [-0.2, -0.15) is 0 Å². The average molecular weight is 272 g/mol. The molecule has 5 heteroatoms. The third kappa shape index (κ3) is 2.65. The van der Waals surface area contributed by atoms with Gasteiger partial charge < -0.3 is 10.0 Å². The van der Waals surface area contributed by atoms with Crippen LogP contribution < -0.4 is 0 Å². The fraction of sp³-hybridized carbons (Fsp3) is 0.462. The van der Waals surface area contributed by atoms with E-state index in [0.29, 0.717) is 13.0 Å². The first-order valence-corrected chi connectivity index (χ1v) is 6.24. The second-order valence-corrected chi connectivity index (χ2v) is 5.31. The highest BCUT2D eigenvalue weighted by Crippen LogP contribution is 2.25. The molecular weight excluding hydrogens is 257 g/mol. The molecule has 1 atom stereocenters. The van der Waals surface area contributed by atoms with E-state index < -0.39 is 11.4 Å². The second-order valence-electron chi connectivity index (χ2n) is 4.93. The van der Waals surface area contributed by atoms with Gasteiger partial charge in [0.05, 0.1) is 16.2 Å². The Kier molecular flexibility index (Phi) is 3.59. The highest BCUT2D eigenvalue weighted by molar-refractivity contribution is 6.34. The molecule has 1 heterocycles. The van der Waals surface area contributed by atoms with Crippen molar-refractivity contribution in [3.8, 4) is 0 Å². The fourth-order valence-electron chi connectivity index (χ4n) is 2.23. The number of rotatable bonds is 1. The molecule has 1 aromatic carbocycles. The van der Waals surface area contributed by atoms with E-state index in [4.69, 9.17) is 11.6 Å². The molecule has 1 unspecified atom stereocenters. The van der Waals surface area contributed by atoms with Crippen molar-refractivity contribution in [2.45, 2.75) is 25.4 Å². The van der Waals surface area contributed by atoms with Crippen molar-refractivity contribution in [3.63, 3.8) is 0 Å². The normalized spacial score (nSPS) is 24.1. The molecule has 18 heavy (non-hydrogen) atoms. The van der Waals surface area contributed by atoms with Crippen LogP contribution in [0.4, 0.5) is 4.39 Å². The average Bonchev–Trinajstić information content (AvgIpc) is 2.30. The van der Waals surface area contributed by atoms with Gasteiger partial charge in [0.15, 0.2) is 0 Å².